The summed E-state index contributed by atoms with van der Waals surface area (Å²) in [6.07, 6.45) is 4.60. The molecule has 0 fully saturated rings. The van der Waals surface area contributed by atoms with Gasteiger partial charge in [0.15, 0.2) is 5.78 Å². The minimum atomic E-state index is -1.19. The minimum absolute atomic E-state index is 0.0697. The van der Waals surface area contributed by atoms with Crippen LogP contribution in [0.3, 0.4) is 0 Å². The molecule has 2 rings (SSSR count). The Morgan fingerprint density at radius 2 is 1.84 bits per heavy atom. The highest BCUT2D eigenvalue weighted by Gasteiger charge is 2.30. The smallest absolute Gasteiger partial charge is 0.178 e. The number of hydrogen-bond acceptors (Lipinski definition) is 3. The maximum atomic E-state index is 12.3. The van der Waals surface area contributed by atoms with E-state index in [1.54, 1.807) is 13.0 Å². The lowest BCUT2D eigenvalue weighted by Crippen LogP contribution is -2.45. The van der Waals surface area contributed by atoms with E-state index in [4.69, 9.17) is 5.73 Å². The quantitative estimate of drug-likeness (QED) is 0.916. The van der Waals surface area contributed by atoms with Crippen molar-refractivity contribution in [2.24, 2.45) is 5.73 Å². The molecule has 0 saturated carbocycles. The fourth-order valence-corrected chi connectivity index (χ4v) is 3.27. The molecule has 19 heavy (non-hydrogen) atoms. The monoisotopic (exact) mass is 275 g/mol. The van der Waals surface area contributed by atoms with Gasteiger partial charge >= 0.3 is 0 Å². The zero-order valence-corrected chi connectivity index (χ0v) is 11.9. The van der Waals surface area contributed by atoms with Crippen LogP contribution in [-0.2, 0) is 15.6 Å². The first-order valence-electron chi connectivity index (χ1n) is 6.07. The molecule has 0 aromatic heterocycles. The highest BCUT2D eigenvalue weighted by atomic mass is 32.2. The fourth-order valence-electron chi connectivity index (χ4n) is 1.91. The number of carbonyl (C=O) groups excluding carboxylic acids is 1. The number of hydrogen-bond donors (Lipinski definition) is 1. The summed E-state index contributed by atoms with van der Waals surface area (Å²) >= 11 is 0. The number of allylic oxidation sites excluding steroid dienone is 2. The van der Waals surface area contributed by atoms with Gasteiger partial charge in [-0.2, -0.15) is 0 Å². The number of benzene rings is 1. The van der Waals surface area contributed by atoms with Gasteiger partial charge in [-0.3, -0.25) is 9.00 Å². The summed E-state index contributed by atoms with van der Waals surface area (Å²) in [5.74, 6) is 0.210. The molecule has 2 N–H and O–H groups in total. The Kier molecular flexibility index (Phi) is 3.83. The predicted octanol–water partition coefficient (Wildman–Crippen LogP) is 1.89. The lowest BCUT2D eigenvalue weighted by atomic mass is 9.88. The SMILES string of the molecule is CC1=CC(=O)C=C[C@@]1(N)C[S@@](=O)c1ccc(C)cc1. The Morgan fingerprint density at radius 1 is 1.21 bits per heavy atom. The van der Waals surface area contributed by atoms with Crippen molar-refractivity contribution in [3.63, 3.8) is 0 Å². The molecular formula is C15H17NO2S. The summed E-state index contributed by atoms with van der Waals surface area (Å²) in [7, 11) is -1.19. The normalized spacial score (nSPS) is 24.2. The van der Waals surface area contributed by atoms with Crippen LogP contribution < -0.4 is 5.73 Å². The highest BCUT2D eigenvalue weighted by Crippen LogP contribution is 2.23. The van der Waals surface area contributed by atoms with E-state index in [-0.39, 0.29) is 11.5 Å². The van der Waals surface area contributed by atoms with Gasteiger partial charge in [0.25, 0.3) is 0 Å². The lowest BCUT2D eigenvalue weighted by molar-refractivity contribution is -0.110. The molecular weight excluding hydrogens is 258 g/mol. The van der Waals surface area contributed by atoms with Crippen LogP contribution in [0.4, 0.5) is 0 Å². The standard InChI is InChI=1S/C15H17NO2S/c1-11-3-5-14(6-4-11)19(18)10-15(16)8-7-13(17)9-12(15)2/h3-9H,10,16H2,1-2H3/t15-,19-/m1/s1. The molecule has 1 aromatic rings. The van der Waals surface area contributed by atoms with E-state index >= 15 is 0 Å². The van der Waals surface area contributed by atoms with Crippen LogP contribution in [0.5, 0.6) is 0 Å². The number of nitrogens with two attached hydrogens (primary N) is 1. The lowest BCUT2D eigenvalue weighted by Gasteiger charge is -2.28. The molecule has 4 heteroatoms. The molecule has 0 bridgehead atoms. The van der Waals surface area contributed by atoms with Gasteiger partial charge in [-0.1, -0.05) is 23.8 Å². The van der Waals surface area contributed by atoms with Gasteiger partial charge in [0.1, 0.15) is 0 Å². The zero-order chi connectivity index (χ0) is 14.0. The van der Waals surface area contributed by atoms with Crippen molar-refractivity contribution in [3.8, 4) is 0 Å². The maximum Gasteiger partial charge on any atom is 0.178 e. The summed E-state index contributed by atoms with van der Waals surface area (Å²) < 4.78 is 12.3. The van der Waals surface area contributed by atoms with Crippen LogP contribution in [0.15, 0.2) is 53.0 Å². The van der Waals surface area contributed by atoms with E-state index in [2.05, 4.69) is 0 Å². The fraction of sp³-hybridized carbons (Fsp3) is 0.267. The summed E-state index contributed by atoms with van der Waals surface area (Å²) in [4.78, 5) is 12.0. The van der Waals surface area contributed by atoms with Crippen molar-refractivity contribution in [3.05, 3.63) is 53.6 Å². The first-order chi connectivity index (χ1) is 8.90. The molecule has 0 saturated heterocycles. The van der Waals surface area contributed by atoms with Gasteiger partial charge in [0.2, 0.25) is 0 Å². The van der Waals surface area contributed by atoms with Crippen molar-refractivity contribution in [2.45, 2.75) is 24.3 Å². The van der Waals surface area contributed by atoms with E-state index in [9.17, 15) is 9.00 Å². The van der Waals surface area contributed by atoms with Crippen LogP contribution >= 0.6 is 0 Å². The topological polar surface area (TPSA) is 60.2 Å². The second-order valence-corrected chi connectivity index (χ2v) is 6.36. The molecule has 1 aromatic carbocycles. The first kappa shape index (κ1) is 13.9. The molecule has 2 atom stereocenters. The molecule has 1 aliphatic rings. The Balaban J connectivity index is 2.19. The molecule has 1 aliphatic carbocycles. The van der Waals surface area contributed by atoms with E-state index in [0.717, 1.165) is 16.0 Å². The van der Waals surface area contributed by atoms with Crippen molar-refractivity contribution in [1.82, 2.24) is 0 Å². The maximum absolute atomic E-state index is 12.3. The summed E-state index contributed by atoms with van der Waals surface area (Å²) in [6, 6.07) is 7.57. The minimum Gasteiger partial charge on any atom is -0.318 e. The molecule has 3 nitrogen and oxygen atoms in total. The molecule has 0 heterocycles. The largest absolute Gasteiger partial charge is 0.318 e. The number of aryl methyl sites for hydroxylation is 1. The van der Waals surface area contributed by atoms with Crippen LogP contribution in [0.25, 0.3) is 0 Å². The summed E-state index contributed by atoms with van der Waals surface area (Å²) in [5, 5.41) is 0. The van der Waals surface area contributed by atoms with Gasteiger partial charge in [-0.25, -0.2) is 0 Å². The first-order valence-corrected chi connectivity index (χ1v) is 7.38. The summed E-state index contributed by atoms with van der Waals surface area (Å²) in [6.45, 7) is 3.78. The van der Waals surface area contributed by atoms with Crippen LogP contribution in [0, 0.1) is 6.92 Å². The third-order valence-corrected chi connectivity index (χ3v) is 4.83. The van der Waals surface area contributed by atoms with Gasteiger partial charge in [-0.15, -0.1) is 0 Å². The molecule has 0 unspecified atom stereocenters. The Bertz CT molecular complexity index is 587. The average Bonchev–Trinajstić information content (AvgIpc) is 2.35. The third kappa shape index (κ3) is 3.08. The highest BCUT2D eigenvalue weighted by molar-refractivity contribution is 7.85. The molecule has 0 radical (unpaired) electrons. The number of carbonyl (C=O) groups is 1. The average molecular weight is 275 g/mol. The Morgan fingerprint density at radius 3 is 2.42 bits per heavy atom. The van der Waals surface area contributed by atoms with Gasteiger partial charge in [0, 0.05) is 4.90 Å². The van der Waals surface area contributed by atoms with Crippen molar-refractivity contribution in [2.75, 3.05) is 5.75 Å². The van der Waals surface area contributed by atoms with Crippen molar-refractivity contribution < 1.29 is 9.00 Å². The second kappa shape index (κ2) is 5.23. The van der Waals surface area contributed by atoms with Crippen molar-refractivity contribution in [1.29, 1.82) is 0 Å². The molecule has 0 aliphatic heterocycles. The molecule has 100 valence electrons. The number of ketones is 1. The summed E-state index contributed by atoms with van der Waals surface area (Å²) in [5.41, 5.74) is 7.31. The zero-order valence-electron chi connectivity index (χ0n) is 11.1. The van der Waals surface area contributed by atoms with Crippen LogP contribution in [0.1, 0.15) is 12.5 Å². The Hall–Kier alpha value is -1.52. The van der Waals surface area contributed by atoms with Crippen molar-refractivity contribution >= 4 is 16.6 Å². The van der Waals surface area contributed by atoms with E-state index < -0.39 is 16.3 Å². The Labute approximate surface area is 115 Å². The van der Waals surface area contributed by atoms with E-state index in [0.29, 0.717) is 0 Å². The molecule has 0 spiro atoms. The van der Waals surface area contributed by atoms with E-state index in [1.807, 2.05) is 31.2 Å². The second-order valence-electron chi connectivity index (χ2n) is 4.91. The van der Waals surface area contributed by atoms with Crippen LogP contribution in [-0.4, -0.2) is 21.3 Å². The van der Waals surface area contributed by atoms with Gasteiger partial charge in [-0.05, 0) is 43.7 Å². The third-order valence-electron chi connectivity index (χ3n) is 3.29. The van der Waals surface area contributed by atoms with Crippen LogP contribution in [0.2, 0.25) is 0 Å². The predicted molar refractivity (Wildman–Crippen MR) is 77.3 cm³/mol. The number of rotatable bonds is 3. The van der Waals surface area contributed by atoms with E-state index in [1.165, 1.54) is 12.2 Å². The van der Waals surface area contributed by atoms with Gasteiger partial charge in [0.05, 0.1) is 22.1 Å². The molecule has 0 amide bonds. The van der Waals surface area contributed by atoms with Gasteiger partial charge < -0.3 is 5.73 Å².